The monoisotopic (exact) mass is 695 g/mol. The topological polar surface area (TPSA) is 46.2 Å². The van der Waals surface area contributed by atoms with E-state index in [4.69, 9.17) is 0 Å². The molecule has 1 fully saturated rings. The third-order valence-corrected chi connectivity index (χ3v) is 5.40. The van der Waals surface area contributed by atoms with Crippen LogP contribution in [0.25, 0.3) is 0 Å². The molecule has 1 aliphatic heterocycles. The van der Waals surface area contributed by atoms with Crippen molar-refractivity contribution in [2.24, 2.45) is 5.92 Å². The number of carbonyl (C=O) groups is 2. The number of hydrogen-bond donors (Lipinski definition) is 1. The molecule has 1 atom stereocenters. The van der Waals surface area contributed by atoms with Gasteiger partial charge in [-0.2, -0.15) is 65.7 Å². The molecule has 6 heteroatoms. The maximum absolute atomic E-state index is 12.4. The van der Waals surface area contributed by atoms with Crippen LogP contribution in [0.1, 0.15) is 76.5 Å². The third kappa shape index (κ3) is 14.0. The van der Waals surface area contributed by atoms with Gasteiger partial charge in [-0.25, -0.2) is 8.78 Å². The van der Waals surface area contributed by atoms with Gasteiger partial charge in [0.15, 0.2) is 0 Å². The van der Waals surface area contributed by atoms with Crippen molar-refractivity contribution in [1.82, 2.24) is 5.32 Å². The fourth-order valence-corrected chi connectivity index (χ4v) is 3.48. The number of rotatable bonds is 7. The molecule has 0 spiro atoms. The first-order chi connectivity index (χ1) is 15.7. The van der Waals surface area contributed by atoms with Crippen LogP contribution in [0.5, 0.6) is 0 Å². The van der Waals surface area contributed by atoms with Crippen molar-refractivity contribution in [2.75, 3.05) is 6.54 Å². The first kappa shape index (κ1) is 32.5. The smallest absolute Gasteiger partial charge is 0.356 e. The predicted molar refractivity (Wildman–Crippen MR) is 129 cm³/mol. The number of unbranched alkanes of at least 4 members (excludes halogenated alkanes) is 1. The summed E-state index contributed by atoms with van der Waals surface area (Å²) in [5, 5.41) is 2.75. The number of carbonyl (C=O) groups excluding carboxylic acids is 2. The molecular weight excluding hydrogens is 658 g/mol. The van der Waals surface area contributed by atoms with Crippen molar-refractivity contribution in [3.63, 3.8) is 0 Å². The van der Waals surface area contributed by atoms with Crippen molar-refractivity contribution >= 4 is 11.7 Å². The molecule has 3 rings (SSSR count). The van der Waals surface area contributed by atoms with E-state index in [1.165, 1.54) is 54.7 Å². The van der Waals surface area contributed by atoms with Crippen LogP contribution in [0.2, 0.25) is 0 Å². The molecule has 2 aromatic carbocycles. The number of benzene rings is 2. The Balaban J connectivity index is 0.000000475. The number of Topliss-reactive ketones (excluding diaryl/α,β-unsaturated/α-hetero) is 1. The summed E-state index contributed by atoms with van der Waals surface area (Å²) in [5.41, 5.74) is 3.01. The van der Waals surface area contributed by atoms with E-state index < -0.39 is 5.92 Å². The van der Waals surface area contributed by atoms with Gasteiger partial charge >= 0.3 is 31.1 Å². The summed E-state index contributed by atoms with van der Waals surface area (Å²) in [4.78, 5) is 21.4. The molecule has 0 aliphatic carbocycles. The van der Waals surface area contributed by atoms with Crippen LogP contribution in [-0.4, -0.2) is 18.2 Å². The van der Waals surface area contributed by atoms with Crippen LogP contribution < -0.4 is 5.32 Å². The minimum absolute atomic E-state index is 0. The third-order valence-electron chi connectivity index (χ3n) is 5.40. The summed E-state index contributed by atoms with van der Waals surface area (Å²) in [7, 11) is 0. The number of alkyl halides is 2. The minimum Gasteiger partial charge on any atom is -0.356 e. The van der Waals surface area contributed by atoms with E-state index in [0.29, 0.717) is 25.3 Å². The number of aryl methyl sites for hydroxylation is 2. The number of piperidine rings is 1. The zero-order chi connectivity index (χ0) is 24.7. The van der Waals surface area contributed by atoms with Crippen LogP contribution in [0.4, 0.5) is 8.78 Å². The molecule has 0 saturated carbocycles. The molecule has 1 aliphatic rings. The van der Waals surface area contributed by atoms with Gasteiger partial charge in [-0.1, -0.05) is 45.1 Å². The Bertz CT molecular complexity index is 828. The molecule has 3 nitrogen and oxygen atoms in total. The molecule has 0 bridgehead atoms. The summed E-state index contributed by atoms with van der Waals surface area (Å²) in [6.45, 7) is 7.59. The van der Waals surface area contributed by atoms with Gasteiger partial charge in [0.2, 0.25) is 11.8 Å². The molecule has 1 unspecified atom stereocenters. The number of ketones is 1. The largest absolute Gasteiger partial charge is 2.00 e. The van der Waals surface area contributed by atoms with E-state index in [1.807, 2.05) is 6.07 Å². The van der Waals surface area contributed by atoms with E-state index >= 15 is 0 Å². The Hall–Kier alpha value is -1.51. The van der Waals surface area contributed by atoms with Gasteiger partial charge in [0.05, 0.1) is 0 Å². The van der Waals surface area contributed by atoms with E-state index in [2.05, 4.69) is 43.4 Å². The van der Waals surface area contributed by atoms with Crippen molar-refractivity contribution in [3.8, 4) is 0 Å². The van der Waals surface area contributed by atoms with Crippen LogP contribution in [0.15, 0.2) is 42.5 Å². The predicted octanol–water partition coefficient (Wildman–Crippen LogP) is 6.48. The number of amides is 1. The molecule has 1 saturated heterocycles. The average Bonchev–Trinajstić information content (AvgIpc) is 2.80. The maximum Gasteiger partial charge on any atom is 2.00 e. The normalized spacial score (nSPS) is 14.9. The van der Waals surface area contributed by atoms with Crippen molar-refractivity contribution in [2.45, 2.75) is 78.6 Å². The SMILES string of the molecule is CC(=O)CC1CCC(=O)NC1.CC(F)(F)c1cc[c-]cc1.CCCCc1cc[c-]cc1CC.[U+2]. The van der Waals surface area contributed by atoms with Gasteiger partial charge < -0.3 is 10.1 Å². The van der Waals surface area contributed by atoms with Gasteiger partial charge in [-0.3, -0.25) is 4.79 Å². The van der Waals surface area contributed by atoms with E-state index in [1.54, 1.807) is 6.92 Å². The second-order valence-electron chi connectivity index (χ2n) is 8.44. The quantitative estimate of drug-likeness (QED) is 0.338. The van der Waals surface area contributed by atoms with Crippen molar-refractivity contribution < 1.29 is 49.5 Å². The Morgan fingerprint density at radius 2 is 1.76 bits per heavy atom. The molecule has 1 amide bonds. The summed E-state index contributed by atoms with van der Waals surface area (Å²) < 4.78 is 24.9. The molecule has 1 heterocycles. The molecule has 34 heavy (non-hydrogen) atoms. The van der Waals surface area contributed by atoms with Gasteiger partial charge in [0, 0.05) is 26.3 Å². The average molecular weight is 696 g/mol. The molecule has 2 aromatic rings. The first-order valence-electron chi connectivity index (χ1n) is 11.8. The van der Waals surface area contributed by atoms with Gasteiger partial charge in [0.1, 0.15) is 5.78 Å². The Morgan fingerprint density at radius 1 is 1.12 bits per heavy atom. The van der Waals surface area contributed by atoms with E-state index in [-0.39, 0.29) is 48.4 Å². The Morgan fingerprint density at radius 3 is 2.24 bits per heavy atom. The van der Waals surface area contributed by atoms with Crippen molar-refractivity contribution in [3.05, 3.63) is 71.3 Å². The van der Waals surface area contributed by atoms with Crippen LogP contribution in [0.3, 0.4) is 0 Å². The number of nitrogens with one attached hydrogen (secondary N) is 1. The van der Waals surface area contributed by atoms with Gasteiger partial charge in [-0.15, -0.1) is 0 Å². The number of halogens is 2. The summed E-state index contributed by atoms with van der Waals surface area (Å²) in [6.07, 6.45) is 7.01. The van der Waals surface area contributed by atoms with Crippen LogP contribution in [-0.2, 0) is 28.4 Å². The van der Waals surface area contributed by atoms with Crippen LogP contribution in [0, 0.1) is 49.2 Å². The molecule has 0 radical (unpaired) electrons. The molecule has 184 valence electrons. The molecular formula is C28H37F2NO2U. The second-order valence-corrected chi connectivity index (χ2v) is 8.44. The standard InChI is InChI=1S/C12H17.C8H7F2.C8H13NO2.U/c1-3-5-8-12-10-7-6-9-11(12)4-2;1-8(9,10)7-5-3-2-4-6-7;1-6(10)4-7-2-3-8(11)9-5-7;/h7,9-10H,3-5,8H2,1-2H3;3-6H,1H3;7H,2-5H2,1H3,(H,9,11);/q2*-1;;+2. The first-order valence-corrected chi connectivity index (χ1v) is 11.8. The summed E-state index contributed by atoms with van der Waals surface area (Å²) in [6, 6.07) is 17.8. The molecule has 1 N–H and O–H groups in total. The zero-order valence-electron chi connectivity index (χ0n) is 20.8. The number of hydrogen-bond acceptors (Lipinski definition) is 2. The zero-order valence-corrected chi connectivity index (χ0v) is 25.0. The van der Waals surface area contributed by atoms with Crippen molar-refractivity contribution in [1.29, 1.82) is 0 Å². The fourth-order valence-electron chi connectivity index (χ4n) is 3.48. The Labute approximate surface area is 227 Å². The summed E-state index contributed by atoms with van der Waals surface area (Å²) >= 11 is 0. The second kappa shape index (κ2) is 17.9. The Kier molecular flexibility index (Phi) is 17.1. The maximum atomic E-state index is 12.4. The van der Waals surface area contributed by atoms with Gasteiger partial charge in [0.25, 0.3) is 0 Å². The van der Waals surface area contributed by atoms with E-state index in [0.717, 1.165) is 19.8 Å². The molecule has 0 aromatic heterocycles. The summed E-state index contributed by atoms with van der Waals surface area (Å²) in [5.74, 6) is -2.02. The van der Waals surface area contributed by atoms with Crippen LogP contribution >= 0.6 is 0 Å². The van der Waals surface area contributed by atoms with Gasteiger partial charge in [-0.05, 0) is 19.3 Å². The van der Waals surface area contributed by atoms with E-state index in [9.17, 15) is 18.4 Å². The fraction of sp³-hybridized carbons (Fsp3) is 0.500. The minimum atomic E-state index is -2.73.